The normalized spacial score (nSPS) is 18.1. The Hall–Kier alpha value is -1.86. The Bertz CT molecular complexity index is 1170. The number of benzene rings is 2. The number of nitrogens with one attached hydrogen (secondary N) is 2. The molecule has 2 fully saturated rings. The smallest absolute Gasteiger partial charge is 0.221 e. The van der Waals surface area contributed by atoms with Gasteiger partial charge in [0.2, 0.25) is 5.91 Å². The zero-order valence-corrected chi connectivity index (χ0v) is 23.4. The van der Waals surface area contributed by atoms with E-state index in [1.165, 1.54) is 27.6 Å². The Morgan fingerprint density at radius 2 is 1.92 bits per heavy atom. The van der Waals surface area contributed by atoms with Crippen LogP contribution >= 0.6 is 28.3 Å². The third-order valence-electron chi connectivity index (χ3n) is 7.58. The molecule has 2 aliphatic heterocycles. The number of ether oxygens (including phenoxy) is 1. The molecule has 0 saturated carbocycles. The van der Waals surface area contributed by atoms with E-state index in [4.69, 9.17) is 4.74 Å². The van der Waals surface area contributed by atoms with Crippen molar-refractivity contribution in [3.05, 3.63) is 69.8 Å². The minimum Gasteiger partial charge on any atom is -0.381 e. The Balaban J connectivity index is 0.00000304. The van der Waals surface area contributed by atoms with Gasteiger partial charge in [-0.05, 0) is 80.9 Å². The lowest BCUT2D eigenvalue weighted by molar-refractivity contribution is -0.122. The minimum atomic E-state index is 0. The van der Waals surface area contributed by atoms with Crippen LogP contribution in [0.15, 0.2) is 53.1 Å². The summed E-state index contributed by atoms with van der Waals surface area (Å²) in [6, 6.07) is 15.5. The maximum atomic E-state index is 13.3. The highest BCUT2D eigenvalue weighted by atomic mass is 79.9. The van der Waals surface area contributed by atoms with E-state index in [2.05, 4.69) is 86.7 Å². The van der Waals surface area contributed by atoms with Crippen molar-refractivity contribution in [2.75, 3.05) is 26.3 Å². The number of hydrogen-bond donors (Lipinski definition) is 2. The van der Waals surface area contributed by atoms with Gasteiger partial charge in [-0.1, -0.05) is 45.8 Å². The van der Waals surface area contributed by atoms with E-state index in [1.54, 1.807) is 0 Å². The fraction of sp³-hybridized carbons (Fsp3) is 0.483. The summed E-state index contributed by atoms with van der Waals surface area (Å²) in [5.41, 5.74) is 4.90. The second-order valence-electron chi connectivity index (χ2n) is 10.2. The molecular formula is C29H37BrClN3O2. The van der Waals surface area contributed by atoms with Crippen molar-refractivity contribution in [2.45, 2.75) is 57.5 Å². The van der Waals surface area contributed by atoms with Crippen molar-refractivity contribution < 1.29 is 9.53 Å². The van der Waals surface area contributed by atoms with Gasteiger partial charge in [-0.3, -0.25) is 4.79 Å². The highest BCUT2D eigenvalue weighted by Gasteiger charge is 2.26. The maximum absolute atomic E-state index is 13.3. The van der Waals surface area contributed by atoms with E-state index < -0.39 is 0 Å². The SMILES string of the molecule is Cc1cccc(C(CC(=O)NC2CCNCC2)c2cn(CC3CCOCC3)c3ccc(Br)cc23)c1.Cl. The Morgan fingerprint density at radius 1 is 1.14 bits per heavy atom. The van der Waals surface area contributed by atoms with Gasteiger partial charge in [0, 0.05) is 59.7 Å². The molecule has 36 heavy (non-hydrogen) atoms. The molecule has 2 N–H and O–H groups in total. The molecule has 0 bridgehead atoms. The zero-order chi connectivity index (χ0) is 24.2. The summed E-state index contributed by atoms with van der Waals surface area (Å²) in [6.45, 7) is 6.76. The summed E-state index contributed by atoms with van der Waals surface area (Å²) in [6.07, 6.45) is 6.97. The molecule has 5 nitrogen and oxygen atoms in total. The molecule has 5 rings (SSSR count). The van der Waals surface area contributed by atoms with E-state index in [-0.39, 0.29) is 30.3 Å². The van der Waals surface area contributed by atoms with E-state index in [0.29, 0.717) is 12.3 Å². The van der Waals surface area contributed by atoms with Crippen LogP contribution in [0.2, 0.25) is 0 Å². The second kappa shape index (κ2) is 12.6. The van der Waals surface area contributed by atoms with Crippen molar-refractivity contribution in [3.63, 3.8) is 0 Å². The van der Waals surface area contributed by atoms with Crippen LogP contribution in [-0.2, 0) is 16.1 Å². The van der Waals surface area contributed by atoms with E-state index in [9.17, 15) is 4.79 Å². The topological polar surface area (TPSA) is 55.3 Å². The fourth-order valence-electron chi connectivity index (χ4n) is 5.67. The highest BCUT2D eigenvalue weighted by molar-refractivity contribution is 9.10. The molecule has 1 aromatic heterocycles. The maximum Gasteiger partial charge on any atom is 0.221 e. The van der Waals surface area contributed by atoms with Crippen molar-refractivity contribution in [1.29, 1.82) is 0 Å². The summed E-state index contributed by atoms with van der Waals surface area (Å²) in [5, 5.41) is 7.94. The quantitative estimate of drug-likeness (QED) is 0.367. The largest absolute Gasteiger partial charge is 0.381 e. The molecule has 2 aliphatic rings. The minimum absolute atomic E-state index is 0. The first-order valence-corrected chi connectivity index (χ1v) is 13.8. The molecule has 1 atom stereocenters. The predicted molar refractivity (Wildman–Crippen MR) is 152 cm³/mol. The van der Waals surface area contributed by atoms with Crippen LogP contribution in [0.4, 0.5) is 0 Å². The van der Waals surface area contributed by atoms with Crippen LogP contribution in [-0.4, -0.2) is 42.8 Å². The summed E-state index contributed by atoms with van der Waals surface area (Å²) >= 11 is 3.70. The van der Waals surface area contributed by atoms with Gasteiger partial charge in [0.15, 0.2) is 0 Å². The van der Waals surface area contributed by atoms with Crippen LogP contribution in [0.25, 0.3) is 10.9 Å². The summed E-state index contributed by atoms with van der Waals surface area (Å²) in [7, 11) is 0. The molecule has 1 unspecified atom stereocenters. The molecular weight excluding hydrogens is 538 g/mol. The fourth-order valence-corrected chi connectivity index (χ4v) is 6.03. The van der Waals surface area contributed by atoms with Crippen LogP contribution in [0, 0.1) is 12.8 Å². The molecule has 2 saturated heterocycles. The third-order valence-corrected chi connectivity index (χ3v) is 8.08. The van der Waals surface area contributed by atoms with Gasteiger partial charge < -0.3 is 19.9 Å². The van der Waals surface area contributed by atoms with Gasteiger partial charge in [-0.15, -0.1) is 12.4 Å². The number of rotatable bonds is 7. The molecule has 0 spiro atoms. The molecule has 2 aromatic carbocycles. The Labute approximate surface area is 228 Å². The van der Waals surface area contributed by atoms with Crippen LogP contribution in [0.3, 0.4) is 0 Å². The average molecular weight is 575 g/mol. The average Bonchev–Trinajstić information content (AvgIpc) is 3.20. The predicted octanol–water partition coefficient (Wildman–Crippen LogP) is 5.95. The number of piperidine rings is 1. The van der Waals surface area contributed by atoms with Crippen molar-refractivity contribution in [2.24, 2.45) is 5.92 Å². The van der Waals surface area contributed by atoms with Gasteiger partial charge in [0.05, 0.1) is 0 Å². The van der Waals surface area contributed by atoms with Gasteiger partial charge in [-0.25, -0.2) is 0 Å². The van der Waals surface area contributed by atoms with Crippen molar-refractivity contribution >= 4 is 45.1 Å². The van der Waals surface area contributed by atoms with E-state index in [0.717, 1.165) is 63.0 Å². The number of hydrogen-bond acceptors (Lipinski definition) is 3. The summed E-state index contributed by atoms with van der Waals surface area (Å²) < 4.78 is 9.08. The third kappa shape index (κ3) is 6.52. The Morgan fingerprint density at radius 3 is 2.67 bits per heavy atom. The number of halogens is 2. The van der Waals surface area contributed by atoms with Gasteiger partial charge in [0.1, 0.15) is 0 Å². The number of carbonyl (C=O) groups excluding carboxylic acids is 1. The lowest BCUT2D eigenvalue weighted by Crippen LogP contribution is -2.43. The number of aromatic nitrogens is 1. The van der Waals surface area contributed by atoms with Crippen molar-refractivity contribution in [3.8, 4) is 0 Å². The number of carbonyl (C=O) groups is 1. The van der Waals surface area contributed by atoms with Crippen LogP contribution in [0.1, 0.15) is 54.7 Å². The Kier molecular flexibility index (Phi) is 9.51. The molecule has 3 heterocycles. The molecule has 194 valence electrons. The summed E-state index contributed by atoms with van der Waals surface area (Å²) in [4.78, 5) is 13.3. The molecule has 3 aromatic rings. The first-order chi connectivity index (χ1) is 17.1. The number of fused-ring (bicyclic) bond motifs is 1. The van der Waals surface area contributed by atoms with Crippen LogP contribution < -0.4 is 10.6 Å². The lowest BCUT2D eigenvalue weighted by Gasteiger charge is -2.25. The first-order valence-electron chi connectivity index (χ1n) is 13.0. The lowest BCUT2D eigenvalue weighted by atomic mass is 9.87. The number of nitrogens with zero attached hydrogens (tertiary/aromatic N) is 1. The summed E-state index contributed by atoms with van der Waals surface area (Å²) in [5.74, 6) is 0.768. The highest BCUT2D eigenvalue weighted by Crippen LogP contribution is 2.37. The van der Waals surface area contributed by atoms with Crippen molar-refractivity contribution in [1.82, 2.24) is 15.2 Å². The van der Waals surface area contributed by atoms with Gasteiger partial charge in [0.25, 0.3) is 0 Å². The van der Waals surface area contributed by atoms with E-state index >= 15 is 0 Å². The molecule has 0 aliphatic carbocycles. The van der Waals surface area contributed by atoms with Crippen LogP contribution in [0.5, 0.6) is 0 Å². The monoisotopic (exact) mass is 573 g/mol. The van der Waals surface area contributed by atoms with E-state index in [1.807, 2.05) is 0 Å². The molecule has 0 radical (unpaired) electrons. The molecule has 1 amide bonds. The number of aryl methyl sites for hydroxylation is 1. The zero-order valence-electron chi connectivity index (χ0n) is 21.0. The second-order valence-corrected chi connectivity index (χ2v) is 11.1. The van der Waals surface area contributed by atoms with Gasteiger partial charge in [-0.2, -0.15) is 0 Å². The number of amides is 1. The molecule has 7 heteroatoms. The van der Waals surface area contributed by atoms with Gasteiger partial charge >= 0.3 is 0 Å². The first kappa shape index (κ1) is 27.2. The standard InChI is InChI=1S/C29H36BrN3O2.ClH/c1-20-3-2-4-22(15-20)25(17-29(34)32-24-7-11-31-12-8-24)27-19-33(18-21-9-13-35-14-10-21)28-6-5-23(30)16-26(27)28;/h2-6,15-16,19,21,24-25,31H,7-14,17-18H2,1H3,(H,32,34);1H.